The molecule has 144 valence electrons. The summed E-state index contributed by atoms with van der Waals surface area (Å²) in [4.78, 5) is 29.2. The third kappa shape index (κ3) is 5.14. The zero-order valence-corrected chi connectivity index (χ0v) is 17.5. The van der Waals surface area contributed by atoms with Gasteiger partial charge in [0, 0.05) is 5.69 Å². The van der Waals surface area contributed by atoms with Crippen LogP contribution in [-0.4, -0.2) is 21.9 Å². The molecule has 0 aromatic heterocycles. The van der Waals surface area contributed by atoms with E-state index >= 15 is 0 Å². The van der Waals surface area contributed by atoms with Gasteiger partial charge in [-0.3, -0.25) is 9.59 Å². The lowest BCUT2D eigenvalue weighted by atomic mass is 10.0. The van der Waals surface area contributed by atoms with Gasteiger partial charge in [0.2, 0.25) is 5.91 Å². The third-order valence-electron chi connectivity index (χ3n) is 4.29. The Morgan fingerprint density at radius 1 is 1.07 bits per heavy atom. The molecule has 28 heavy (non-hydrogen) atoms. The van der Waals surface area contributed by atoms with Gasteiger partial charge < -0.3 is 5.32 Å². The van der Waals surface area contributed by atoms with Gasteiger partial charge >= 0.3 is 0 Å². The molecule has 0 spiro atoms. The van der Waals surface area contributed by atoms with Gasteiger partial charge in [-0.25, -0.2) is 0 Å². The first kappa shape index (κ1) is 20.4. The summed E-state index contributed by atoms with van der Waals surface area (Å²) in [5.41, 5.74) is 4.14. The van der Waals surface area contributed by atoms with Gasteiger partial charge in [0.05, 0.1) is 10.7 Å². The maximum Gasteiger partial charge on any atom is 0.285 e. The van der Waals surface area contributed by atoms with Crippen LogP contribution in [0.1, 0.15) is 30.5 Å². The van der Waals surface area contributed by atoms with E-state index in [0.29, 0.717) is 9.28 Å². The molecule has 6 heteroatoms. The summed E-state index contributed by atoms with van der Waals surface area (Å²) in [5, 5.41) is 3.04. The summed E-state index contributed by atoms with van der Waals surface area (Å²) < 4.78 is 0.613. The van der Waals surface area contributed by atoms with Crippen LogP contribution >= 0.6 is 23.5 Å². The van der Waals surface area contributed by atoms with Crippen molar-refractivity contribution in [1.29, 1.82) is 0 Å². The summed E-state index contributed by atoms with van der Waals surface area (Å²) >= 11 is 2.62. The number of carbonyl (C=O) groups excluding carboxylic acids is 2. The van der Waals surface area contributed by atoms with E-state index in [1.54, 1.807) is 0 Å². The molecule has 0 saturated heterocycles. The normalized spacial score (nSPS) is 15.0. The number of aryl methyl sites for hydroxylation is 2. The highest BCUT2D eigenvalue weighted by Crippen LogP contribution is 2.33. The molecule has 2 amide bonds. The zero-order valence-electron chi connectivity index (χ0n) is 15.9. The fraction of sp³-hybridized carbons (Fsp3) is 0.227. The Kier molecular flexibility index (Phi) is 7.12. The van der Waals surface area contributed by atoms with Gasteiger partial charge in [-0.05, 0) is 35.6 Å². The van der Waals surface area contributed by atoms with Crippen LogP contribution in [0, 0.1) is 0 Å². The second-order valence-electron chi connectivity index (χ2n) is 6.20. The van der Waals surface area contributed by atoms with Crippen molar-refractivity contribution in [3.63, 3.8) is 0 Å². The monoisotopic (exact) mass is 410 g/mol. The van der Waals surface area contributed by atoms with Gasteiger partial charge in [0.1, 0.15) is 4.38 Å². The molecule has 0 radical (unpaired) electrons. The van der Waals surface area contributed by atoms with Crippen LogP contribution in [0.15, 0.2) is 58.4 Å². The zero-order chi connectivity index (χ0) is 19.9. The van der Waals surface area contributed by atoms with Crippen LogP contribution < -0.4 is 5.32 Å². The lowest BCUT2D eigenvalue weighted by Gasteiger charge is -2.14. The topological polar surface area (TPSA) is 58.5 Å². The first-order valence-electron chi connectivity index (χ1n) is 9.21. The molecule has 1 aliphatic rings. The Morgan fingerprint density at radius 3 is 2.39 bits per heavy atom. The van der Waals surface area contributed by atoms with E-state index in [2.05, 4.69) is 24.2 Å². The molecule has 0 aliphatic carbocycles. The predicted molar refractivity (Wildman–Crippen MR) is 121 cm³/mol. The number of benzene rings is 2. The summed E-state index contributed by atoms with van der Waals surface area (Å²) in [7, 11) is 0. The van der Waals surface area contributed by atoms with Crippen LogP contribution in [0.2, 0.25) is 0 Å². The average Bonchev–Trinajstić information content (AvgIpc) is 3.06. The molecule has 0 atom stereocenters. The van der Waals surface area contributed by atoms with E-state index in [0.717, 1.165) is 35.2 Å². The van der Waals surface area contributed by atoms with Gasteiger partial charge in [0.15, 0.2) is 0 Å². The highest BCUT2D eigenvalue weighted by atomic mass is 32.2. The standard InChI is InChI=1S/C22H22N2O2S2/c1-3-16-11-8-12-17(4-2)20(16)23-19(25)14-27-22-24-21(26)18(28-22)13-15-9-6-5-7-10-15/h5-13H,3-4,14H2,1-2H3,(H,23,25)/b18-13+. The molecule has 0 saturated carbocycles. The minimum Gasteiger partial charge on any atom is -0.325 e. The number of hydrogen-bond donors (Lipinski definition) is 1. The van der Waals surface area contributed by atoms with E-state index in [1.807, 2.05) is 54.6 Å². The SMILES string of the molecule is CCc1cccc(CC)c1NC(=O)CSC1=NC(=O)/C(=C\c2ccccc2)S1. The molecule has 3 rings (SSSR count). The molecule has 1 N–H and O–H groups in total. The smallest absolute Gasteiger partial charge is 0.285 e. The molecule has 0 unspecified atom stereocenters. The highest BCUT2D eigenvalue weighted by molar-refractivity contribution is 8.41. The highest BCUT2D eigenvalue weighted by Gasteiger charge is 2.23. The molecule has 2 aromatic carbocycles. The van der Waals surface area contributed by atoms with Crippen molar-refractivity contribution >= 4 is 51.5 Å². The Balaban J connectivity index is 1.60. The fourth-order valence-electron chi connectivity index (χ4n) is 2.86. The Hall–Kier alpha value is -2.31. The van der Waals surface area contributed by atoms with E-state index < -0.39 is 0 Å². The number of para-hydroxylation sites is 1. The number of rotatable bonds is 6. The number of thioether (sulfide) groups is 2. The second kappa shape index (κ2) is 9.75. The summed E-state index contributed by atoms with van der Waals surface area (Å²) in [6.45, 7) is 4.16. The average molecular weight is 411 g/mol. The number of nitrogens with zero attached hydrogens (tertiary/aromatic N) is 1. The first-order chi connectivity index (χ1) is 13.6. The first-order valence-corrected chi connectivity index (χ1v) is 11.0. The number of anilines is 1. The molecular formula is C22H22N2O2S2. The predicted octanol–water partition coefficient (Wildman–Crippen LogP) is 5.15. The van der Waals surface area contributed by atoms with E-state index in [9.17, 15) is 9.59 Å². The maximum atomic E-state index is 12.5. The lowest BCUT2D eigenvalue weighted by Crippen LogP contribution is -2.17. The van der Waals surface area contributed by atoms with Crippen molar-refractivity contribution in [2.75, 3.05) is 11.1 Å². The summed E-state index contributed by atoms with van der Waals surface area (Å²) in [6.07, 6.45) is 3.55. The van der Waals surface area contributed by atoms with Crippen LogP contribution in [0.3, 0.4) is 0 Å². The fourth-order valence-corrected chi connectivity index (χ4v) is 4.66. The van der Waals surface area contributed by atoms with Crippen LogP contribution in [0.25, 0.3) is 6.08 Å². The number of aliphatic imine (C=N–C) groups is 1. The minimum absolute atomic E-state index is 0.0863. The minimum atomic E-state index is -0.249. The van der Waals surface area contributed by atoms with E-state index in [4.69, 9.17) is 0 Å². The Morgan fingerprint density at radius 2 is 1.75 bits per heavy atom. The van der Waals surface area contributed by atoms with Crippen LogP contribution in [0.4, 0.5) is 5.69 Å². The number of nitrogens with one attached hydrogen (secondary N) is 1. The lowest BCUT2D eigenvalue weighted by molar-refractivity contribution is -0.114. The van der Waals surface area contributed by atoms with Gasteiger partial charge in [0.25, 0.3) is 5.91 Å². The molecular weight excluding hydrogens is 388 g/mol. The summed E-state index contributed by atoms with van der Waals surface area (Å²) in [6, 6.07) is 15.8. The molecule has 0 fully saturated rings. The van der Waals surface area contributed by atoms with Crippen LogP contribution in [0.5, 0.6) is 0 Å². The van der Waals surface area contributed by atoms with Gasteiger partial charge in [-0.15, -0.1) is 0 Å². The second-order valence-corrected chi connectivity index (χ2v) is 8.45. The maximum absolute atomic E-state index is 12.5. The van der Waals surface area contributed by atoms with Crippen molar-refractivity contribution in [1.82, 2.24) is 0 Å². The third-order valence-corrected chi connectivity index (χ3v) is 6.41. The molecule has 1 heterocycles. The van der Waals surface area contributed by atoms with Crippen molar-refractivity contribution in [2.24, 2.45) is 4.99 Å². The van der Waals surface area contributed by atoms with Crippen LogP contribution in [-0.2, 0) is 22.4 Å². The van der Waals surface area contributed by atoms with Gasteiger partial charge in [-0.1, -0.05) is 85.9 Å². The van der Waals surface area contributed by atoms with Crippen molar-refractivity contribution < 1.29 is 9.59 Å². The van der Waals surface area contributed by atoms with Crippen molar-refractivity contribution in [2.45, 2.75) is 26.7 Å². The molecule has 2 aromatic rings. The Labute approximate surface area is 173 Å². The number of amides is 2. The molecule has 0 bridgehead atoms. The van der Waals surface area contributed by atoms with Crippen molar-refractivity contribution in [3.8, 4) is 0 Å². The van der Waals surface area contributed by atoms with E-state index in [1.165, 1.54) is 23.5 Å². The van der Waals surface area contributed by atoms with E-state index in [-0.39, 0.29) is 17.6 Å². The molecule has 4 nitrogen and oxygen atoms in total. The summed E-state index contributed by atoms with van der Waals surface area (Å²) in [5.74, 6) is -0.114. The quantitative estimate of drug-likeness (QED) is 0.669. The van der Waals surface area contributed by atoms with Crippen molar-refractivity contribution in [3.05, 3.63) is 70.1 Å². The number of hydrogen-bond acceptors (Lipinski definition) is 4. The largest absolute Gasteiger partial charge is 0.325 e. The number of carbonyl (C=O) groups is 2. The molecule has 1 aliphatic heterocycles. The van der Waals surface area contributed by atoms with Gasteiger partial charge in [-0.2, -0.15) is 4.99 Å². The Bertz CT molecular complexity index is 915.